The lowest BCUT2D eigenvalue weighted by molar-refractivity contribution is -0.263. The molecule has 1 aromatic heterocycles. The number of hydrogen-bond donors (Lipinski definition) is 9. The highest BCUT2D eigenvalue weighted by atomic mass is 33.1. The first kappa shape index (κ1) is 57.3. The van der Waals surface area contributed by atoms with E-state index in [1.807, 2.05) is 16.8 Å². The molecule has 15 rings (SSSR count). The second-order valence-electron chi connectivity index (χ2n) is 28.6. The number of allylic oxidation sites excluding steroid dienone is 2. The second kappa shape index (κ2) is 20.1. The first-order valence-corrected chi connectivity index (χ1v) is 33.4. The van der Waals surface area contributed by atoms with Gasteiger partial charge < -0.3 is 60.2 Å². The largest absolute Gasteiger partial charge is 0.508 e. The van der Waals surface area contributed by atoms with Crippen molar-refractivity contribution in [3.05, 3.63) is 66.3 Å². The summed E-state index contributed by atoms with van der Waals surface area (Å²) in [6.07, 6.45) is 14.8. The van der Waals surface area contributed by atoms with Crippen LogP contribution in [0.1, 0.15) is 136 Å². The molecule has 8 aliphatic carbocycles. The van der Waals surface area contributed by atoms with Crippen LogP contribution in [0.4, 0.5) is 5.69 Å². The molecule has 0 radical (unpaired) electrons. The number of ether oxygens (including phenoxy) is 1. The molecule has 2 saturated heterocycles. The molecule has 22 unspecified atom stereocenters. The smallest absolute Gasteiger partial charge is 0.234 e. The van der Waals surface area contributed by atoms with Gasteiger partial charge in [0.2, 0.25) is 5.91 Å². The summed E-state index contributed by atoms with van der Waals surface area (Å²) in [5, 5.41) is 114. The Morgan fingerprint density at radius 3 is 2.48 bits per heavy atom. The van der Waals surface area contributed by atoms with Crippen LogP contribution in [0.2, 0.25) is 0 Å². The summed E-state index contributed by atoms with van der Waals surface area (Å²) in [7, 11) is 2.59. The Morgan fingerprint density at radius 1 is 0.926 bits per heavy atom. The normalized spacial score (nSPS) is 48.4. The number of benzene rings is 1. The molecule has 1 amide bonds. The number of rotatable bonds is 9. The number of imidazole rings is 1. The molecule has 6 saturated carbocycles. The molecular weight excluding hydrogens is 1070 g/mol. The average molecular weight is 1160 g/mol. The molecule has 444 valence electrons. The number of fused-ring (bicyclic) bond motifs is 1. The van der Waals surface area contributed by atoms with E-state index in [-0.39, 0.29) is 85.7 Å². The number of carbonyl (C=O) groups excluding carboxylic acids is 2. The predicted molar refractivity (Wildman–Crippen MR) is 308 cm³/mol. The van der Waals surface area contributed by atoms with E-state index in [4.69, 9.17) is 4.74 Å². The number of amides is 1. The molecule has 5 aliphatic heterocycles. The molecule has 22 atom stereocenters. The SMILES string of the molecule is CC(C)C(C)C1OC1C1(O)CC=CC2CC3C4=CC(=O)C5(CC(O)C(O)C6(CCC(Cn7ccnc7)C6)C35C)C(O)SSCC3CCCC(CO)C35C(=O)N(CC53CCC(CCCO)C3O)c3cc(O)cc(c3)CCC23C1CCC43O. The van der Waals surface area contributed by atoms with Crippen LogP contribution in [0.3, 0.4) is 0 Å². The zero-order chi connectivity index (χ0) is 57.0. The van der Waals surface area contributed by atoms with E-state index in [0.29, 0.717) is 119 Å². The maximum absolute atomic E-state index is 16.5. The number of aliphatic hydroxyl groups excluding tert-OH is 6. The summed E-state index contributed by atoms with van der Waals surface area (Å²) in [5.41, 5.74) is -10.0. The predicted octanol–water partition coefficient (Wildman–Crippen LogP) is 7.13. The highest BCUT2D eigenvalue weighted by Crippen LogP contribution is 2.81. The zero-order valence-electron chi connectivity index (χ0n) is 47.8. The van der Waals surface area contributed by atoms with Crippen molar-refractivity contribution in [1.29, 1.82) is 0 Å². The van der Waals surface area contributed by atoms with Crippen LogP contribution in [0.5, 0.6) is 5.75 Å². The second-order valence-corrected chi connectivity index (χ2v) is 31.1. The maximum atomic E-state index is 16.5. The number of ketones is 1. The number of hydrogen-bond acceptors (Lipinski definition) is 15. The highest BCUT2D eigenvalue weighted by Gasteiger charge is 2.82. The fraction of sp³-hybridized carbons (Fsp3) is 0.766. The van der Waals surface area contributed by atoms with E-state index >= 15 is 9.59 Å². The van der Waals surface area contributed by atoms with E-state index in [9.17, 15) is 46.0 Å². The summed E-state index contributed by atoms with van der Waals surface area (Å²) in [6, 6.07) is 5.33. The number of phenols is 1. The van der Waals surface area contributed by atoms with Crippen molar-refractivity contribution in [2.24, 2.45) is 85.8 Å². The molecule has 5 spiro atoms. The van der Waals surface area contributed by atoms with Gasteiger partial charge in [0.15, 0.2) is 5.78 Å². The first-order chi connectivity index (χ1) is 38.7. The average Bonchev–Trinajstić information content (AvgIpc) is 1.93. The first-order valence-electron chi connectivity index (χ1n) is 31.1. The quantitative estimate of drug-likeness (QED) is 0.0688. The van der Waals surface area contributed by atoms with Gasteiger partial charge in [0, 0.05) is 78.4 Å². The topological polar surface area (TPSA) is 250 Å². The van der Waals surface area contributed by atoms with Crippen LogP contribution in [0.25, 0.3) is 0 Å². The van der Waals surface area contributed by atoms with E-state index in [1.165, 1.54) is 21.6 Å². The highest BCUT2D eigenvalue weighted by molar-refractivity contribution is 8.76. The van der Waals surface area contributed by atoms with Gasteiger partial charge in [0.1, 0.15) is 22.9 Å². The van der Waals surface area contributed by atoms with Crippen LogP contribution in [0, 0.1) is 85.8 Å². The monoisotopic (exact) mass is 1160 g/mol. The van der Waals surface area contributed by atoms with Crippen molar-refractivity contribution in [3.8, 4) is 5.75 Å². The van der Waals surface area contributed by atoms with Gasteiger partial charge in [-0.15, -0.1) is 0 Å². The van der Waals surface area contributed by atoms with Gasteiger partial charge >= 0.3 is 0 Å². The third kappa shape index (κ3) is 7.56. The van der Waals surface area contributed by atoms with Crippen molar-refractivity contribution in [2.75, 3.05) is 30.4 Å². The van der Waals surface area contributed by atoms with Gasteiger partial charge in [-0.25, -0.2) is 4.98 Å². The maximum Gasteiger partial charge on any atom is 0.234 e. The van der Waals surface area contributed by atoms with Gasteiger partial charge in [-0.2, -0.15) is 0 Å². The van der Waals surface area contributed by atoms with Crippen LogP contribution >= 0.6 is 21.6 Å². The third-order valence-corrected chi connectivity index (χ3v) is 28.5. The number of epoxide rings is 1. The number of nitrogens with zero attached hydrogens (tertiary/aromatic N) is 3. The standard InChI is InChI=1S/C64H89N3O12S2/c1-36(2)37(3)51-54(79-51)62(77)16-6-11-41-26-46-47-28-50(72)61(30-48(71)53(74)58(57(46,61)4)17-12-39(29-58)31-66-22-21-65-35-66)56(76)81-80-33-43-10-5-9-42(32-69)64(43)55(75)67(34-59(64)18-14-40(52(59)73)8-7-23-68)44-24-38(25-45(70)27-44)13-19-60(41)49(62)15-20-63(47,60)78/h6,11,21-22,24-25,27-28,35-37,39-43,46,48-49,51-54,56,68-71,73-74,76-78H,5,7-10,12-20,23,26,29-34H2,1-4H3. The Balaban J connectivity index is 1.02. The Hall–Kier alpha value is -2.81. The molecular formula is C64H89N3O12S2. The van der Waals surface area contributed by atoms with Crippen molar-refractivity contribution >= 4 is 39.0 Å². The molecule has 2 aromatic rings. The molecule has 1 aromatic carbocycles. The number of anilines is 1. The van der Waals surface area contributed by atoms with Crippen LogP contribution < -0.4 is 4.90 Å². The number of aryl methyl sites for hydroxylation is 1. The Bertz CT molecular complexity index is 2840. The molecule has 9 N–H and O–H groups in total. The van der Waals surface area contributed by atoms with E-state index in [1.54, 1.807) is 35.6 Å². The molecule has 13 aliphatic rings. The van der Waals surface area contributed by atoms with Crippen LogP contribution in [-0.4, -0.2) is 140 Å². The summed E-state index contributed by atoms with van der Waals surface area (Å²) in [5.74, 6) is -2.33. The lowest BCUT2D eigenvalue weighted by Gasteiger charge is -2.72. The van der Waals surface area contributed by atoms with Crippen molar-refractivity contribution in [1.82, 2.24) is 9.55 Å². The minimum atomic E-state index is -1.68. The fourth-order valence-electron chi connectivity index (χ4n) is 22.0. The number of aromatic nitrogens is 2. The van der Waals surface area contributed by atoms with E-state index in [2.05, 4.69) is 44.8 Å². The number of phenolic OH excluding ortho intramolecular Hbond substituents is 1. The minimum Gasteiger partial charge on any atom is -0.508 e. The summed E-state index contributed by atoms with van der Waals surface area (Å²) in [6.45, 7) is 9.09. The lowest BCUT2D eigenvalue weighted by Crippen LogP contribution is -2.75. The Labute approximate surface area is 485 Å². The molecule has 17 heteroatoms. The number of aliphatic hydroxyl groups is 8. The van der Waals surface area contributed by atoms with Crippen LogP contribution in [0.15, 0.2) is 60.7 Å². The van der Waals surface area contributed by atoms with Gasteiger partial charge in [0.25, 0.3) is 0 Å². The van der Waals surface area contributed by atoms with Crippen LogP contribution in [-0.2, 0) is 27.3 Å². The molecule has 6 heterocycles. The zero-order valence-corrected chi connectivity index (χ0v) is 49.5. The summed E-state index contributed by atoms with van der Waals surface area (Å²) in [4.78, 5) is 38.9. The molecule has 15 nitrogen and oxygen atoms in total. The van der Waals surface area contributed by atoms with Crippen molar-refractivity contribution < 1.29 is 60.3 Å². The molecule has 8 bridgehead atoms. The van der Waals surface area contributed by atoms with Gasteiger partial charge in [-0.1, -0.05) is 67.9 Å². The van der Waals surface area contributed by atoms with Gasteiger partial charge in [-0.3, -0.25) is 9.59 Å². The fourth-order valence-corrected chi connectivity index (χ4v) is 25.0. The van der Waals surface area contributed by atoms with Gasteiger partial charge in [0.05, 0.1) is 47.2 Å². The van der Waals surface area contributed by atoms with E-state index < -0.39 is 91.3 Å². The van der Waals surface area contributed by atoms with Crippen molar-refractivity contribution in [3.63, 3.8) is 0 Å². The number of carbonyl (C=O) groups is 2. The summed E-state index contributed by atoms with van der Waals surface area (Å²) >= 11 is 0. The molecule has 8 fully saturated rings. The van der Waals surface area contributed by atoms with Gasteiger partial charge in [-0.05, 0) is 185 Å². The third-order valence-electron chi connectivity index (χ3n) is 25.9. The lowest BCUT2D eigenvalue weighted by atomic mass is 9.33. The minimum absolute atomic E-state index is 0.0252. The Morgan fingerprint density at radius 2 is 1.73 bits per heavy atom. The Kier molecular flexibility index (Phi) is 14.2. The van der Waals surface area contributed by atoms with E-state index in [0.717, 1.165) is 12.0 Å². The molecule has 81 heavy (non-hydrogen) atoms. The summed E-state index contributed by atoms with van der Waals surface area (Å²) < 4.78 is 8.65. The number of aromatic hydroxyl groups is 1. The van der Waals surface area contributed by atoms with Crippen molar-refractivity contribution in [2.45, 2.75) is 191 Å².